The summed E-state index contributed by atoms with van der Waals surface area (Å²) in [5.74, 6) is -0.238. The number of carbonyl (C=O) groups excluding carboxylic acids is 2. The Labute approximate surface area is 128 Å². The summed E-state index contributed by atoms with van der Waals surface area (Å²) in [5, 5.41) is 5.84. The quantitative estimate of drug-likeness (QED) is 0.839. The summed E-state index contributed by atoms with van der Waals surface area (Å²) in [5.41, 5.74) is 0.515. The van der Waals surface area contributed by atoms with Crippen LogP contribution in [0.1, 0.15) is 0 Å². The molecule has 0 unspecified atom stereocenters. The molecule has 0 saturated heterocycles. The maximum atomic E-state index is 12.3. The van der Waals surface area contributed by atoms with E-state index >= 15 is 0 Å². The summed E-state index contributed by atoms with van der Waals surface area (Å²) in [6, 6.07) is 5.96. The first kappa shape index (κ1) is 15.1. The second-order valence-corrected chi connectivity index (χ2v) is 4.88. The van der Waals surface area contributed by atoms with Crippen LogP contribution in [0.5, 0.6) is 0 Å². The van der Waals surface area contributed by atoms with Gasteiger partial charge in [0.05, 0.1) is 10.7 Å². The van der Waals surface area contributed by atoms with Crippen LogP contribution >= 0.6 is 11.6 Å². The highest BCUT2D eigenvalue weighted by Gasteiger charge is 2.30. The van der Waals surface area contributed by atoms with Crippen LogP contribution in [0.25, 0.3) is 0 Å². The van der Waals surface area contributed by atoms with Crippen molar-refractivity contribution in [2.24, 2.45) is 0 Å². The van der Waals surface area contributed by atoms with E-state index in [0.717, 1.165) is 0 Å². The van der Waals surface area contributed by atoms with Gasteiger partial charge in [0.25, 0.3) is 0 Å². The van der Waals surface area contributed by atoms with Crippen molar-refractivity contribution >= 4 is 29.2 Å². The predicted octanol–water partition coefficient (Wildman–Crippen LogP) is 2.41. The van der Waals surface area contributed by atoms with Crippen LogP contribution in [0.2, 0.25) is 5.02 Å². The van der Waals surface area contributed by atoms with Gasteiger partial charge in [-0.15, -0.1) is 6.58 Å². The van der Waals surface area contributed by atoms with E-state index < -0.39 is 6.04 Å². The summed E-state index contributed by atoms with van der Waals surface area (Å²) >= 11 is 6.00. The molecule has 1 aromatic rings. The van der Waals surface area contributed by atoms with Gasteiger partial charge in [0.2, 0.25) is 5.91 Å². The SMILES string of the molecule is C=CCNC(=O)[C@@H]1C=CCN1C(=O)Nc1ccccc1Cl. The van der Waals surface area contributed by atoms with E-state index in [1.54, 1.807) is 42.5 Å². The van der Waals surface area contributed by atoms with Crippen molar-refractivity contribution in [2.75, 3.05) is 18.4 Å². The van der Waals surface area contributed by atoms with Crippen LogP contribution in [0, 0.1) is 0 Å². The number of rotatable bonds is 4. The molecule has 0 saturated carbocycles. The molecule has 2 rings (SSSR count). The molecule has 2 N–H and O–H groups in total. The topological polar surface area (TPSA) is 61.4 Å². The molecular weight excluding hydrogens is 290 g/mol. The molecule has 110 valence electrons. The minimum absolute atomic E-state index is 0.238. The summed E-state index contributed by atoms with van der Waals surface area (Å²) < 4.78 is 0. The van der Waals surface area contributed by atoms with Crippen molar-refractivity contribution in [2.45, 2.75) is 6.04 Å². The molecule has 1 atom stereocenters. The number of nitrogens with zero attached hydrogens (tertiary/aromatic N) is 1. The fraction of sp³-hybridized carbons (Fsp3) is 0.200. The van der Waals surface area contributed by atoms with Gasteiger partial charge in [0, 0.05) is 13.1 Å². The lowest BCUT2D eigenvalue weighted by atomic mass is 10.2. The fourth-order valence-corrected chi connectivity index (χ4v) is 2.17. The van der Waals surface area contributed by atoms with Gasteiger partial charge < -0.3 is 15.5 Å². The van der Waals surface area contributed by atoms with Gasteiger partial charge in [-0.3, -0.25) is 4.79 Å². The molecule has 0 aliphatic carbocycles. The van der Waals surface area contributed by atoms with Gasteiger partial charge in [-0.05, 0) is 12.1 Å². The first-order chi connectivity index (χ1) is 10.1. The summed E-state index contributed by atoms with van der Waals surface area (Å²) in [6.07, 6.45) is 5.07. The van der Waals surface area contributed by atoms with Gasteiger partial charge in [-0.2, -0.15) is 0 Å². The number of nitrogens with one attached hydrogen (secondary N) is 2. The third kappa shape index (κ3) is 3.64. The third-order valence-electron chi connectivity index (χ3n) is 3.02. The molecule has 5 nitrogen and oxygen atoms in total. The average Bonchev–Trinajstić information content (AvgIpc) is 2.96. The molecule has 1 heterocycles. The van der Waals surface area contributed by atoms with Gasteiger partial charge in [-0.25, -0.2) is 4.79 Å². The summed E-state index contributed by atoms with van der Waals surface area (Å²) in [4.78, 5) is 25.7. The molecule has 1 aliphatic rings. The molecule has 0 fully saturated rings. The Morgan fingerprint density at radius 1 is 1.43 bits per heavy atom. The number of amides is 3. The van der Waals surface area contributed by atoms with Crippen molar-refractivity contribution in [3.8, 4) is 0 Å². The monoisotopic (exact) mass is 305 g/mol. The fourth-order valence-electron chi connectivity index (χ4n) is 1.99. The Morgan fingerprint density at radius 2 is 2.19 bits per heavy atom. The minimum Gasteiger partial charge on any atom is -0.351 e. The Kier molecular flexibility index (Phi) is 5.00. The van der Waals surface area contributed by atoms with Crippen LogP contribution in [0.15, 0.2) is 49.1 Å². The number of benzene rings is 1. The second-order valence-electron chi connectivity index (χ2n) is 4.47. The van der Waals surface area contributed by atoms with Gasteiger partial charge in [0.1, 0.15) is 6.04 Å². The lowest BCUT2D eigenvalue weighted by molar-refractivity contribution is -0.123. The zero-order chi connectivity index (χ0) is 15.2. The summed E-state index contributed by atoms with van der Waals surface area (Å²) in [6.45, 7) is 4.28. The number of hydrogen-bond donors (Lipinski definition) is 2. The maximum Gasteiger partial charge on any atom is 0.323 e. The summed E-state index contributed by atoms with van der Waals surface area (Å²) in [7, 11) is 0. The molecule has 0 radical (unpaired) electrons. The zero-order valence-electron chi connectivity index (χ0n) is 11.4. The van der Waals surface area contributed by atoms with Crippen molar-refractivity contribution < 1.29 is 9.59 Å². The van der Waals surface area contributed by atoms with E-state index in [0.29, 0.717) is 23.8 Å². The van der Waals surface area contributed by atoms with Crippen molar-refractivity contribution in [1.29, 1.82) is 0 Å². The highest BCUT2D eigenvalue weighted by Crippen LogP contribution is 2.22. The Morgan fingerprint density at radius 3 is 2.90 bits per heavy atom. The van der Waals surface area contributed by atoms with E-state index in [9.17, 15) is 9.59 Å². The van der Waals surface area contributed by atoms with E-state index in [1.807, 2.05) is 0 Å². The average molecular weight is 306 g/mol. The van der Waals surface area contributed by atoms with Crippen molar-refractivity contribution in [1.82, 2.24) is 10.2 Å². The third-order valence-corrected chi connectivity index (χ3v) is 3.35. The lowest BCUT2D eigenvalue weighted by Crippen LogP contribution is -2.47. The first-order valence-electron chi connectivity index (χ1n) is 6.51. The van der Waals surface area contributed by atoms with E-state index in [-0.39, 0.29) is 11.9 Å². The standard InChI is InChI=1S/C15H16ClN3O2/c1-2-9-17-14(20)13-8-5-10-19(13)15(21)18-12-7-4-3-6-11(12)16/h2-8,13H,1,9-10H2,(H,17,20)(H,18,21)/t13-/m0/s1. The Hall–Kier alpha value is -2.27. The molecular formula is C15H16ClN3O2. The van der Waals surface area contributed by atoms with E-state index in [1.165, 1.54) is 4.90 Å². The lowest BCUT2D eigenvalue weighted by Gasteiger charge is -2.24. The largest absolute Gasteiger partial charge is 0.351 e. The van der Waals surface area contributed by atoms with Gasteiger partial charge >= 0.3 is 6.03 Å². The first-order valence-corrected chi connectivity index (χ1v) is 6.88. The van der Waals surface area contributed by atoms with Crippen LogP contribution in [0.4, 0.5) is 10.5 Å². The molecule has 1 aromatic carbocycles. The highest BCUT2D eigenvalue weighted by molar-refractivity contribution is 6.33. The van der Waals surface area contributed by atoms with E-state index in [4.69, 9.17) is 11.6 Å². The number of para-hydroxylation sites is 1. The molecule has 0 bridgehead atoms. The number of carbonyl (C=O) groups is 2. The molecule has 3 amide bonds. The Balaban J connectivity index is 2.03. The molecule has 21 heavy (non-hydrogen) atoms. The van der Waals surface area contributed by atoms with Gasteiger partial charge in [-0.1, -0.05) is 42.0 Å². The van der Waals surface area contributed by atoms with Crippen molar-refractivity contribution in [3.05, 3.63) is 54.1 Å². The molecule has 0 spiro atoms. The van der Waals surface area contributed by atoms with Gasteiger partial charge in [0.15, 0.2) is 0 Å². The van der Waals surface area contributed by atoms with Crippen LogP contribution in [0.3, 0.4) is 0 Å². The van der Waals surface area contributed by atoms with Crippen LogP contribution in [-0.4, -0.2) is 36.0 Å². The molecule has 1 aliphatic heterocycles. The minimum atomic E-state index is -0.618. The normalized spacial score (nSPS) is 16.6. The second kappa shape index (κ2) is 6.95. The number of urea groups is 1. The maximum absolute atomic E-state index is 12.3. The smallest absolute Gasteiger partial charge is 0.323 e. The zero-order valence-corrected chi connectivity index (χ0v) is 12.1. The predicted molar refractivity (Wildman–Crippen MR) is 83.3 cm³/mol. The molecule has 0 aromatic heterocycles. The van der Waals surface area contributed by atoms with E-state index in [2.05, 4.69) is 17.2 Å². The Bertz CT molecular complexity index is 586. The number of hydrogen-bond acceptors (Lipinski definition) is 2. The van der Waals surface area contributed by atoms with Crippen molar-refractivity contribution in [3.63, 3.8) is 0 Å². The molecule has 6 heteroatoms. The number of anilines is 1. The number of halogens is 1. The van der Waals surface area contributed by atoms with Crippen LogP contribution in [-0.2, 0) is 4.79 Å². The highest BCUT2D eigenvalue weighted by atomic mass is 35.5. The van der Waals surface area contributed by atoms with Crippen LogP contribution < -0.4 is 10.6 Å².